The Morgan fingerprint density at radius 2 is 1.79 bits per heavy atom. The number of benzene rings is 2. The molecule has 3 saturated heterocycles. The van der Waals surface area contributed by atoms with Gasteiger partial charge in [-0.25, -0.2) is 0 Å². The summed E-state index contributed by atoms with van der Waals surface area (Å²) in [4.78, 5) is 44.0. The normalized spacial score (nSPS) is 28.4. The van der Waals surface area contributed by atoms with Crippen molar-refractivity contribution in [1.82, 2.24) is 9.80 Å². The fraction of sp³-hybridized carbons (Fsp3) is 0.370. The van der Waals surface area contributed by atoms with Gasteiger partial charge in [0.05, 0.1) is 32.6 Å². The van der Waals surface area contributed by atoms with Crippen LogP contribution < -0.4 is 4.74 Å². The Morgan fingerprint density at radius 3 is 2.53 bits per heavy atom. The lowest BCUT2D eigenvalue weighted by Crippen LogP contribution is -2.55. The first kappa shape index (κ1) is 22.3. The molecule has 7 nitrogen and oxygen atoms in total. The maximum Gasteiger partial charge on any atom is 0.327 e. The van der Waals surface area contributed by atoms with Gasteiger partial charge in [-0.15, -0.1) is 0 Å². The average molecular weight is 461 g/mol. The largest absolute Gasteiger partial charge is 0.496 e. The molecule has 0 saturated carbocycles. The molecule has 3 fully saturated rings. The third-order valence-electron chi connectivity index (χ3n) is 7.49. The number of hydrogen-bond donors (Lipinski definition) is 0. The fourth-order valence-electron chi connectivity index (χ4n) is 6.08. The number of amides is 2. The molecular weight excluding hydrogens is 432 g/mol. The van der Waals surface area contributed by atoms with Crippen LogP contribution in [0.4, 0.5) is 0 Å². The molecule has 0 spiro atoms. The molecule has 0 N–H and O–H groups in total. The molecule has 3 aliphatic heterocycles. The fourth-order valence-corrected chi connectivity index (χ4v) is 6.08. The van der Waals surface area contributed by atoms with Gasteiger partial charge in [0.1, 0.15) is 11.3 Å². The second kappa shape index (κ2) is 8.72. The number of rotatable bonds is 6. The van der Waals surface area contributed by atoms with Crippen molar-refractivity contribution in [1.29, 1.82) is 0 Å². The Bertz CT molecular complexity index is 1150. The summed E-state index contributed by atoms with van der Waals surface area (Å²) in [6, 6.07) is 16.7. The second-order valence-corrected chi connectivity index (χ2v) is 9.06. The first-order chi connectivity index (χ1) is 16.5. The van der Waals surface area contributed by atoms with Crippen LogP contribution in [0, 0.1) is 11.8 Å². The Labute approximate surface area is 198 Å². The van der Waals surface area contributed by atoms with E-state index in [4.69, 9.17) is 9.47 Å². The van der Waals surface area contributed by atoms with Gasteiger partial charge in [-0.2, -0.15) is 0 Å². The van der Waals surface area contributed by atoms with Crippen LogP contribution in [0.1, 0.15) is 24.0 Å². The molecule has 3 heterocycles. The number of nitrogens with zero attached hydrogens (tertiary/aromatic N) is 2. The predicted molar refractivity (Wildman–Crippen MR) is 125 cm³/mol. The predicted octanol–water partition coefficient (Wildman–Crippen LogP) is 2.90. The van der Waals surface area contributed by atoms with E-state index in [1.807, 2.05) is 71.6 Å². The molecular formula is C27H28N2O5. The van der Waals surface area contributed by atoms with Gasteiger partial charge in [-0.3, -0.25) is 24.2 Å². The van der Waals surface area contributed by atoms with Gasteiger partial charge in [-0.05, 0) is 31.0 Å². The van der Waals surface area contributed by atoms with Crippen molar-refractivity contribution in [3.63, 3.8) is 0 Å². The molecule has 34 heavy (non-hydrogen) atoms. The zero-order valence-corrected chi connectivity index (χ0v) is 19.3. The molecule has 4 atom stereocenters. The Hall–Kier alpha value is -3.45. The number of hydrogen-bond acceptors (Lipinski definition) is 6. The van der Waals surface area contributed by atoms with Gasteiger partial charge in [-0.1, -0.05) is 60.7 Å². The lowest BCUT2D eigenvalue weighted by molar-refractivity contribution is -0.159. The third-order valence-corrected chi connectivity index (χ3v) is 7.49. The van der Waals surface area contributed by atoms with Crippen molar-refractivity contribution >= 4 is 23.9 Å². The van der Waals surface area contributed by atoms with Crippen molar-refractivity contribution in [2.45, 2.75) is 31.0 Å². The van der Waals surface area contributed by atoms with Crippen LogP contribution >= 0.6 is 0 Å². The minimum atomic E-state index is -1.12. The summed E-state index contributed by atoms with van der Waals surface area (Å²) in [5, 5.41) is 0. The summed E-state index contributed by atoms with van der Waals surface area (Å²) < 4.78 is 10.7. The summed E-state index contributed by atoms with van der Waals surface area (Å²) in [6.45, 7) is 0.827. The van der Waals surface area contributed by atoms with Crippen LogP contribution in [0.15, 0.2) is 60.7 Å². The van der Waals surface area contributed by atoms with Crippen LogP contribution in [-0.2, 0) is 25.7 Å². The number of likely N-dealkylation sites (tertiary alicyclic amines) is 1. The molecule has 0 aliphatic carbocycles. The van der Waals surface area contributed by atoms with E-state index in [9.17, 15) is 14.4 Å². The van der Waals surface area contributed by atoms with Crippen LogP contribution in [0.5, 0.6) is 5.75 Å². The number of carbonyl (C=O) groups is 3. The maximum atomic E-state index is 13.7. The minimum Gasteiger partial charge on any atom is -0.496 e. The first-order valence-electron chi connectivity index (χ1n) is 11.6. The number of esters is 1. The number of para-hydroxylation sites is 1. The van der Waals surface area contributed by atoms with Crippen LogP contribution in [-0.4, -0.2) is 59.9 Å². The van der Waals surface area contributed by atoms with Crippen molar-refractivity contribution < 1.29 is 23.9 Å². The van der Waals surface area contributed by atoms with Gasteiger partial charge in [0, 0.05) is 11.6 Å². The summed E-state index contributed by atoms with van der Waals surface area (Å²) in [7, 11) is 2.96. The first-order valence-corrected chi connectivity index (χ1v) is 11.6. The lowest BCUT2D eigenvalue weighted by Gasteiger charge is -2.35. The third kappa shape index (κ3) is 3.26. The van der Waals surface area contributed by atoms with E-state index < -0.39 is 29.4 Å². The standard InChI is InChI=1S/C27H28N2O5/c1-33-21-12-7-6-11-19(21)13-14-20-22-23(27(26(32)34-2)15-8-16-29(20)27)25(31)28(24(22)30)17-18-9-4-3-5-10-18/h3-7,9-14,20,22-23H,8,15-17H2,1-2H3/b14-13+/t20-,22+,23-,27+/m0/s1. The number of methoxy groups -OCH3 is 2. The van der Waals surface area contributed by atoms with Crippen molar-refractivity contribution in [2.75, 3.05) is 20.8 Å². The van der Waals surface area contributed by atoms with Crippen LogP contribution in [0.3, 0.4) is 0 Å². The summed E-state index contributed by atoms with van der Waals surface area (Å²) in [5.74, 6) is -1.63. The zero-order chi connectivity index (χ0) is 23.9. The molecule has 2 aromatic rings. The molecule has 3 aliphatic rings. The van der Waals surface area contributed by atoms with Gasteiger partial charge in [0.2, 0.25) is 11.8 Å². The zero-order valence-electron chi connectivity index (χ0n) is 19.3. The second-order valence-electron chi connectivity index (χ2n) is 9.06. The maximum absolute atomic E-state index is 13.7. The minimum absolute atomic E-state index is 0.200. The summed E-state index contributed by atoms with van der Waals surface area (Å²) in [5.41, 5.74) is 0.628. The van der Waals surface area contributed by atoms with E-state index in [-0.39, 0.29) is 18.4 Å². The molecule has 0 unspecified atom stereocenters. The van der Waals surface area contributed by atoms with Crippen molar-refractivity contribution in [3.05, 3.63) is 71.8 Å². The summed E-state index contributed by atoms with van der Waals surface area (Å²) in [6.07, 6.45) is 5.13. The SMILES string of the molecule is COC(=O)[C@]12CCCN1[C@@H](/C=C/c1ccccc1OC)[C@H]1C(=O)N(Cc3ccccc3)C(=O)[C@H]12. The molecule has 0 bridgehead atoms. The molecule has 176 valence electrons. The van der Waals surface area contributed by atoms with E-state index in [0.717, 1.165) is 17.5 Å². The Balaban J connectivity index is 1.56. The molecule has 7 heteroatoms. The van der Waals surface area contributed by atoms with Crippen LogP contribution in [0.2, 0.25) is 0 Å². The Kier molecular flexibility index (Phi) is 5.73. The number of carbonyl (C=O) groups excluding carboxylic acids is 3. The topological polar surface area (TPSA) is 76.2 Å². The van der Waals surface area contributed by atoms with Gasteiger partial charge in [0.15, 0.2) is 0 Å². The molecule has 2 aromatic carbocycles. The molecule has 0 aromatic heterocycles. The lowest BCUT2D eigenvalue weighted by atomic mass is 9.78. The molecule has 2 amide bonds. The number of ether oxygens (including phenoxy) is 2. The summed E-state index contributed by atoms with van der Waals surface area (Å²) >= 11 is 0. The van der Waals surface area contributed by atoms with Crippen molar-refractivity contribution in [3.8, 4) is 5.75 Å². The smallest absolute Gasteiger partial charge is 0.327 e. The van der Waals surface area contributed by atoms with Crippen LogP contribution in [0.25, 0.3) is 6.08 Å². The highest BCUT2D eigenvalue weighted by atomic mass is 16.5. The van der Waals surface area contributed by atoms with E-state index in [1.165, 1.54) is 12.0 Å². The van der Waals surface area contributed by atoms with E-state index in [2.05, 4.69) is 0 Å². The van der Waals surface area contributed by atoms with E-state index in [0.29, 0.717) is 18.7 Å². The number of fused-ring (bicyclic) bond motifs is 3. The quantitative estimate of drug-likeness (QED) is 0.488. The van der Waals surface area contributed by atoms with Crippen molar-refractivity contribution in [2.24, 2.45) is 11.8 Å². The molecule has 0 radical (unpaired) electrons. The highest BCUT2D eigenvalue weighted by Gasteiger charge is 2.72. The van der Waals surface area contributed by atoms with Gasteiger partial charge >= 0.3 is 5.97 Å². The van der Waals surface area contributed by atoms with Gasteiger partial charge < -0.3 is 9.47 Å². The molecule has 5 rings (SSSR count). The highest BCUT2D eigenvalue weighted by molar-refractivity contribution is 6.09. The Morgan fingerprint density at radius 1 is 1.06 bits per heavy atom. The highest BCUT2D eigenvalue weighted by Crippen LogP contribution is 2.54. The van der Waals surface area contributed by atoms with E-state index in [1.54, 1.807) is 7.11 Å². The average Bonchev–Trinajstić information content (AvgIpc) is 3.49. The van der Waals surface area contributed by atoms with Gasteiger partial charge in [0.25, 0.3) is 0 Å². The number of imide groups is 1. The van der Waals surface area contributed by atoms with E-state index >= 15 is 0 Å². The monoisotopic (exact) mass is 460 g/mol.